The first-order valence-corrected chi connectivity index (χ1v) is 11.2. The lowest BCUT2D eigenvalue weighted by atomic mass is 9.95. The Hall–Kier alpha value is -2.99. The lowest BCUT2D eigenvalue weighted by Crippen LogP contribution is -2.30. The first kappa shape index (κ1) is 23.7. The maximum absolute atomic E-state index is 13.1. The number of halogens is 1. The highest BCUT2D eigenvalue weighted by molar-refractivity contribution is 6.47. The van der Waals surface area contributed by atoms with Gasteiger partial charge in [0.25, 0.3) is 11.7 Å². The molecular weight excluding hydrogens is 430 g/mol. The average Bonchev–Trinajstić information content (AvgIpc) is 3.05. The van der Waals surface area contributed by atoms with Gasteiger partial charge in [-0.1, -0.05) is 43.5 Å². The lowest BCUT2D eigenvalue weighted by Gasteiger charge is -2.25. The monoisotopic (exact) mass is 457 g/mol. The van der Waals surface area contributed by atoms with Gasteiger partial charge in [-0.3, -0.25) is 9.59 Å². The van der Waals surface area contributed by atoms with E-state index >= 15 is 0 Å². The molecule has 170 valence electrons. The molecule has 7 heteroatoms. The van der Waals surface area contributed by atoms with E-state index in [-0.39, 0.29) is 21.9 Å². The molecule has 0 spiro atoms. The number of aliphatic hydroxyl groups excluding tert-OH is 1. The maximum atomic E-state index is 13.1. The molecule has 6 nitrogen and oxygen atoms in total. The van der Waals surface area contributed by atoms with E-state index < -0.39 is 17.7 Å². The Morgan fingerprint density at radius 1 is 1.06 bits per heavy atom. The van der Waals surface area contributed by atoms with Crippen molar-refractivity contribution in [2.24, 2.45) is 0 Å². The molecule has 1 fully saturated rings. The summed E-state index contributed by atoms with van der Waals surface area (Å²) in [5.41, 5.74) is 0.982. The Balaban J connectivity index is 2.14. The number of hydrogen-bond donors (Lipinski definition) is 1. The van der Waals surface area contributed by atoms with E-state index in [0.717, 1.165) is 19.3 Å². The number of carbonyl (C=O) groups is 2. The Bertz CT molecular complexity index is 1020. The van der Waals surface area contributed by atoms with Crippen molar-refractivity contribution in [1.29, 1.82) is 0 Å². The van der Waals surface area contributed by atoms with Crippen LogP contribution in [0.15, 0.2) is 48.0 Å². The molecular formula is C25H28ClNO5. The molecule has 1 heterocycles. The predicted octanol–water partition coefficient (Wildman–Crippen LogP) is 5.36. The van der Waals surface area contributed by atoms with E-state index in [2.05, 4.69) is 6.92 Å². The molecule has 1 saturated heterocycles. The van der Waals surface area contributed by atoms with Crippen molar-refractivity contribution in [2.45, 2.75) is 39.2 Å². The number of carbonyl (C=O) groups excluding carboxylic acids is 2. The summed E-state index contributed by atoms with van der Waals surface area (Å²) in [6, 6.07) is 11.3. The minimum Gasteiger partial charge on any atom is -0.507 e. The van der Waals surface area contributed by atoms with Crippen LogP contribution in [-0.2, 0) is 9.59 Å². The van der Waals surface area contributed by atoms with Gasteiger partial charge in [0.05, 0.1) is 30.4 Å². The molecule has 0 saturated carbocycles. The second-order valence-corrected chi connectivity index (χ2v) is 7.95. The number of hydrogen-bond acceptors (Lipinski definition) is 5. The van der Waals surface area contributed by atoms with E-state index in [0.29, 0.717) is 30.2 Å². The van der Waals surface area contributed by atoms with Crippen molar-refractivity contribution >= 4 is 29.1 Å². The lowest BCUT2D eigenvalue weighted by molar-refractivity contribution is -0.139. The fourth-order valence-electron chi connectivity index (χ4n) is 3.86. The van der Waals surface area contributed by atoms with Gasteiger partial charge in [0.2, 0.25) is 0 Å². The Morgan fingerprint density at radius 3 is 2.38 bits per heavy atom. The second-order valence-electron chi connectivity index (χ2n) is 7.55. The van der Waals surface area contributed by atoms with Crippen LogP contribution in [0.4, 0.5) is 0 Å². The topological polar surface area (TPSA) is 76.1 Å². The van der Waals surface area contributed by atoms with Crippen LogP contribution in [0.1, 0.15) is 50.3 Å². The van der Waals surface area contributed by atoms with Crippen LogP contribution in [0.2, 0.25) is 5.02 Å². The number of likely N-dealkylation sites (tertiary alicyclic amines) is 1. The van der Waals surface area contributed by atoms with E-state index in [1.807, 2.05) is 6.92 Å². The van der Waals surface area contributed by atoms with Gasteiger partial charge >= 0.3 is 0 Å². The maximum Gasteiger partial charge on any atom is 0.295 e. The number of Topliss-reactive ketones (excluding diaryl/α,β-unsaturated/α-hetero) is 1. The molecule has 0 aromatic heterocycles. The molecule has 32 heavy (non-hydrogen) atoms. The van der Waals surface area contributed by atoms with Gasteiger partial charge in [0.1, 0.15) is 17.3 Å². The molecule has 1 atom stereocenters. The van der Waals surface area contributed by atoms with Crippen molar-refractivity contribution in [1.82, 2.24) is 4.90 Å². The predicted molar refractivity (Wildman–Crippen MR) is 124 cm³/mol. The summed E-state index contributed by atoms with van der Waals surface area (Å²) in [5.74, 6) is -0.493. The summed E-state index contributed by atoms with van der Waals surface area (Å²) in [4.78, 5) is 27.6. The molecule has 1 aliphatic rings. The fourth-order valence-corrected chi connectivity index (χ4v) is 4.07. The molecule has 1 amide bonds. The van der Waals surface area contributed by atoms with Crippen LogP contribution < -0.4 is 9.47 Å². The van der Waals surface area contributed by atoms with Crippen LogP contribution in [0.3, 0.4) is 0 Å². The summed E-state index contributed by atoms with van der Waals surface area (Å²) >= 11 is 6.35. The van der Waals surface area contributed by atoms with Gasteiger partial charge in [0.15, 0.2) is 0 Å². The highest BCUT2D eigenvalue weighted by Crippen LogP contribution is 2.41. The van der Waals surface area contributed by atoms with Gasteiger partial charge in [0, 0.05) is 12.1 Å². The van der Waals surface area contributed by atoms with Crippen LogP contribution in [0.5, 0.6) is 11.5 Å². The number of rotatable bonds is 9. The van der Waals surface area contributed by atoms with Crippen LogP contribution in [0.25, 0.3) is 5.76 Å². The molecule has 0 aliphatic carbocycles. The quantitative estimate of drug-likeness (QED) is 0.237. The second kappa shape index (κ2) is 10.6. The summed E-state index contributed by atoms with van der Waals surface area (Å²) in [5, 5.41) is 11.5. The third-order valence-corrected chi connectivity index (χ3v) is 5.81. The standard InChI is InChI=1S/C25H28ClNO5/c1-4-6-7-14-27-22(16-8-10-17(31-3)11-9-16)21(24(29)25(27)30)23(28)19-15-18(32-5-2)12-13-20(19)26/h8-13,15,22,28H,4-7,14H2,1-3H3/b23-21+. The molecule has 0 bridgehead atoms. The third kappa shape index (κ3) is 4.75. The summed E-state index contributed by atoms with van der Waals surface area (Å²) in [6.07, 6.45) is 2.67. The summed E-state index contributed by atoms with van der Waals surface area (Å²) in [7, 11) is 1.57. The van der Waals surface area contributed by atoms with Crippen molar-refractivity contribution in [3.63, 3.8) is 0 Å². The average molecular weight is 458 g/mol. The summed E-state index contributed by atoms with van der Waals surface area (Å²) < 4.78 is 10.8. The molecule has 2 aromatic carbocycles. The SMILES string of the molecule is CCCCCN1C(=O)C(=O)/C(=C(/O)c2cc(OCC)ccc2Cl)C1c1ccc(OC)cc1. The molecule has 2 aromatic rings. The van der Waals surface area contributed by atoms with E-state index in [1.165, 1.54) is 4.90 Å². The number of unbranched alkanes of at least 4 members (excludes halogenated alkanes) is 2. The zero-order valence-corrected chi connectivity index (χ0v) is 19.3. The highest BCUT2D eigenvalue weighted by atomic mass is 35.5. The van der Waals surface area contributed by atoms with Gasteiger partial charge in [-0.15, -0.1) is 0 Å². The number of benzene rings is 2. The normalized spacial score (nSPS) is 17.6. The molecule has 0 radical (unpaired) electrons. The number of nitrogens with zero attached hydrogens (tertiary/aromatic N) is 1. The minimum absolute atomic E-state index is 0.0206. The fraction of sp³-hybridized carbons (Fsp3) is 0.360. The van der Waals surface area contributed by atoms with Crippen molar-refractivity contribution in [2.75, 3.05) is 20.3 Å². The molecule has 1 unspecified atom stereocenters. The zero-order chi connectivity index (χ0) is 23.3. The molecule has 1 N–H and O–H groups in total. The highest BCUT2D eigenvalue weighted by Gasteiger charge is 2.46. The molecule has 3 rings (SSSR count). The number of amides is 1. The van der Waals surface area contributed by atoms with Crippen molar-refractivity contribution < 1.29 is 24.2 Å². The van der Waals surface area contributed by atoms with Crippen LogP contribution in [0, 0.1) is 0 Å². The minimum atomic E-state index is -0.724. The number of ketones is 1. The third-order valence-electron chi connectivity index (χ3n) is 5.48. The van der Waals surface area contributed by atoms with Crippen molar-refractivity contribution in [3.8, 4) is 11.5 Å². The van der Waals surface area contributed by atoms with E-state index in [9.17, 15) is 14.7 Å². The molecule has 1 aliphatic heterocycles. The van der Waals surface area contributed by atoms with Crippen LogP contribution in [-0.4, -0.2) is 42.0 Å². The van der Waals surface area contributed by atoms with E-state index in [1.54, 1.807) is 49.6 Å². The first-order valence-electron chi connectivity index (χ1n) is 10.8. The zero-order valence-electron chi connectivity index (χ0n) is 18.6. The van der Waals surface area contributed by atoms with Crippen LogP contribution >= 0.6 is 11.6 Å². The number of aliphatic hydroxyl groups is 1. The van der Waals surface area contributed by atoms with E-state index in [4.69, 9.17) is 21.1 Å². The van der Waals surface area contributed by atoms with Gasteiger partial charge in [-0.05, 0) is 49.2 Å². The first-order chi connectivity index (χ1) is 15.4. The summed E-state index contributed by atoms with van der Waals surface area (Å²) in [6.45, 7) is 4.77. The van der Waals surface area contributed by atoms with Gasteiger partial charge in [-0.25, -0.2) is 0 Å². The number of ether oxygens (including phenoxy) is 2. The number of methoxy groups -OCH3 is 1. The van der Waals surface area contributed by atoms with Gasteiger partial charge < -0.3 is 19.5 Å². The largest absolute Gasteiger partial charge is 0.507 e. The van der Waals surface area contributed by atoms with Gasteiger partial charge in [-0.2, -0.15) is 0 Å². The Kier molecular flexibility index (Phi) is 7.80. The Labute approximate surface area is 193 Å². The van der Waals surface area contributed by atoms with Crippen molar-refractivity contribution in [3.05, 3.63) is 64.2 Å². The smallest absolute Gasteiger partial charge is 0.295 e. The Morgan fingerprint density at radius 2 is 1.75 bits per heavy atom.